The Hall–Kier alpha value is -2.83. The summed E-state index contributed by atoms with van der Waals surface area (Å²) < 4.78 is 5.87. The molecule has 4 rings (SSSR count). The number of benzene rings is 2. The number of aliphatic imine (C=N–C) groups is 1. The maximum atomic E-state index is 10.1. The molecule has 152 valence electrons. The summed E-state index contributed by atoms with van der Waals surface area (Å²) in [6.45, 7) is 6.41. The first kappa shape index (κ1) is 19.5. The van der Waals surface area contributed by atoms with Crippen LogP contribution in [0.15, 0.2) is 53.5 Å². The zero-order valence-corrected chi connectivity index (χ0v) is 16.8. The number of para-hydroxylation sites is 1. The molecule has 0 spiro atoms. The van der Waals surface area contributed by atoms with Gasteiger partial charge in [-0.2, -0.15) is 0 Å². The second kappa shape index (κ2) is 9.11. The molecule has 6 nitrogen and oxygen atoms in total. The van der Waals surface area contributed by atoms with E-state index in [9.17, 15) is 5.11 Å². The highest BCUT2D eigenvalue weighted by molar-refractivity contribution is 6.02. The third kappa shape index (κ3) is 4.96. The maximum absolute atomic E-state index is 10.1. The summed E-state index contributed by atoms with van der Waals surface area (Å²) in [6.07, 6.45) is 2.73. The van der Waals surface area contributed by atoms with Crippen molar-refractivity contribution in [3.05, 3.63) is 54.1 Å². The SMILES string of the molecule is CN1CCN(CCCOc2ccc(N=Cc3c(O)[nH]c4ccccc34)cc2)CC1. The molecule has 2 heterocycles. The van der Waals surface area contributed by atoms with E-state index in [1.54, 1.807) is 6.21 Å². The number of rotatable bonds is 7. The van der Waals surface area contributed by atoms with E-state index in [0.717, 1.165) is 68.1 Å². The van der Waals surface area contributed by atoms with Crippen LogP contribution in [0.4, 0.5) is 5.69 Å². The molecule has 1 aliphatic heterocycles. The van der Waals surface area contributed by atoms with Crippen molar-refractivity contribution in [3.63, 3.8) is 0 Å². The van der Waals surface area contributed by atoms with Crippen LogP contribution in [0, 0.1) is 0 Å². The van der Waals surface area contributed by atoms with Crippen molar-refractivity contribution in [1.29, 1.82) is 0 Å². The lowest BCUT2D eigenvalue weighted by Crippen LogP contribution is -2.44. The van der Waals surface area contributed by atoms with Gasteiger partial charge < -0.3 is 24.6 Å². The number of hydrogen-bond acceptors (Lipinski definition) is 5. The van der Waals surface area contributed by atoms with E-state index in [4.69, 9.17) is 4.74 Å². The predicted molar refractivity (Wildman–Crippen MR) is 118 cm³/mol. The minimum atomic E-state index is 0.134. The monoisotopic (exact) mass is 392 g/mol. The van der Waals surface area contributed by atoms with Crippen LogP contribution in [0.1, 0.15) is 12.0 Å². The van der Waals surface area contributed by atoms with Crippen LogP contribution < -0.4 is 4.74 Å². The van der Waals surface area contributed by atoms with Crippen molar-refractivity contribution in [1.82, 2.24) is 14.8 Å². The number of aromatic nitrogens is 1. The van der Waals surface area contributed by atoms with Crippen molar-refractivity contribution >= 4 is 22.8 Å². The molecule has 2 aromatic carbocycles. The number of likely N-dealkylation sites (N-methyl/N-ethyl adjacent to an activating group) is 1. The summed E-state index contributed by atoms with van der Waals surface area (Å²) in [5, 5.41) is 11.1. The summed E-state index contributed by atoms with van der Waals surface area (Å²) in [4.78, 5) is 12.3. The normalized spacial score (nSPS) is 16.0. The number of aromatic hydroxyl groups is 1. The highest BCUT2D eigenvalue weighted by Gasteiger charge is 2.12. The molecule has 0 radical (unpaired) electrons. The summed E-state index contributed by atoms with van der Waals surface area (Å²) in [7, 11) is 2.18. The second-order valence-electron chi connectivity index (χ2n) is 7.53. The molecule has 1 aromatic heterocycles. The van der Waals surface area contributed by atoms with Crippen LogP contribution in [-0.4, -0.2) is 72.5 Å². The number of nitrogens with zero attached hydrogens (tertiary/aromatic N) is 3. The predicted octanol–water partition coefficient (Wildman–Crippen LogP) is 3.64. The van der Waals surface area contributed by atoms with Gasteiger partial charge in [0.05, 0.1) is 17.9 Å². The topological polar surface area (TPSA) is 64.1 Å². The smallest absolute Gasteiger partial charge is 0.198 e. The number of hydrogen-bond donors (Lipinski definition) is 2. The minimum Gasteiger partial charge on any atom is -0.494 e. The number of fused-ring (bicyclic) bond motifs is 1. The van der Waals surface area contributed by atoms with E-state index >= 15 is 0 Å². The lowest BCUT2D eigenvalue weighted by atomic mass is 10.2. The minimum absolute atomic E-state index is 0.134. The summed E-state index contributed by atoms with van der Waals surface area (Å²) >= 11 is 0. The van der Waals surface area contributed by atoms with Crippen molar-refractivity contribution in [2.45, 2.75) is 6.42 Å². The quantitative estimate of drug-likeness (QED) is 0.476. The Morgan fingerprint density at radius 3 is 2.62 bits per heavy atom. The molecule has 29 heavy (non-hydrogen) atoms. The average Bonchev–Trinajstić information content (AvgIpc) is 3.07. The first-order valence-corrected chi connectivity index (χ1v) is 10.2. The Labute approximate surface area is 171 Å². The van der Waals surface area contributed by atoms with E-state index in [1.807, 2.05) is 48.5 Å². The van der Waals surface area contributed by atoms with Gasteiger partial charge in [-0.25, -0.2) is 0 Å². The fourth-order valence-electron chi connectivity index (χ4n) is 3.60. The first-order valence-electron chi connectivity index (χ1n) is 10.2. The van der Waals surface area contributed by atoms with Gasteiger partial charge in [0.2, 0.25) is 0 Å². The highest BCUT2D eigenvalue weighted by atomic mass is 16.5. The molecule has 0 atom stereocenters. The van der Waals surface area contributed by atoms with Gasteiger partial charge in [-0.3, -0.25) is 4.99 Å². The molecule has 2 N–H and O–H groups in total. The molecule has 1 aliphatic rings. The van der Waals surface area contributed by atoms with Gasteiger partial charge in [-0.1, -0.05) is 18.2 Å². The van der Waals surface area contributed by atoms with Gasteiger partial charge in [0.15, 0.2) is 5.88 Å². The maximum Gasteiger partial charge on any atom is 0.198 e. The lowest BCUT2D eigenvalue weighted by molar-refractivity contribution is 0.145. The van der Waals surface area contributed by atoms with Crippen LogP contribution in [0.25, 0.3) is 10.9 Å². The fraction of sp³-hybridized carbons (Fsp3) is 0.348. The molecule has 0 bridgehead atoms. The lowest BCUT2D eigenvalue weighted by Gasteiger charge is -2.32. The van der Waals surface area contributed by atoms with Crippen LogP contribution in [-0.2, 0) is 0 Å². The first-order chi connectivity index (χ1) is 14.2. The summed E-state index contributed by atoms with van der Waals surface area (Å²) in [5.74, 6) is 0.993. The standard InChI is InChI=1S/C23H28N4O2/c1-26-12-14-27(15-13-26)11-4-16-29-19-9-7-18(8-10-19)24-17-21-20-5-2-3-6-22(20)25-23(21)28/h2-3,5-10,17,25,28H,4,11-16H2,1H3. The van der Waals surface area contributed by atoms with Gasteiger partial charge in [0, 0.05) is 49.8 Å². The molecule has 1 saturated heterocycles. The van der Waals surface area contributed by atoms with Crippen molar-refractivity contribution in [2.75, 3.05) is 46.4 Å². The molecule has 0 saturated carbocycles. The summed E-state index contributed by atoms with van der Waals surface area (Å²) in [5.41, 5.74) is 2.41. The molecular weight excluding hydrogens is 364 g/mol. The molecule has 1 fully saturated rings. The summed E-state index contributed by atoms with van der Waals surface area (Å²) in [6, 6.07) is 15.5. The van der Waals surface area contributed by atoms with E-state index in [-0.39, 0.29) is 5.88 Å². The molecule has 0 amide bonds. The molecule has 6 heteroatoms. The Balaban J connectivity index is 1.28. The number of aromatic amines is 1. The molecule has 0 unspecified atom stereocenters. The third-order valence-corrected chi connectivity index (χ3v) is 5.39. The fourth-order valence-corrected chi connectivity index (χ4v) is 3.60. The number of ether oxygens (including phenoxy) is 1. The van der Waals surface area contributed by atoms with E-state index in [2.05, 4.69) is 26.8 Å². The second-order valence-corrected chi connectivity index (χ2v) is 7.53. The Morgan fingerprint density at radius 1 is 1.07 bits per heavy atom. The number of piperazine rings is 1. The van der Waals surface area contributed by atoms with Crippen molar-refractivity contribution in [3.8, 4) is 11.6 Å². The number of H-pyrrole nitrogens is 1. The Bertz CT molecular complexity index is 957. The molecule has 0 aliphatic carbocycles. The Kier molecular flexibility index (Phi) is 6.12. The number of nitrogens with one attached hydrogen (secondary N) is 1. The van der Waals surface area contributed by atoms with E-state index < -0.39 is 0 Å². The van der Waals surface area contributed by atoms with Crippen LogP contribution in [0.3, 0.4) is 0 Å². The highest BCUT2D eigenvalue weighted by Crippen LogP contribution is 2.26. The third-order valence-electron chi connectivity index (χ3n) is 5.39. The van der Waals surface area contributed by atoms with Crippen LogP contribution >= 0.6 is 0 Å². The van der Waals surface area contributed by atoms with E-state index in [1.165, 1.54) is 0 Å². The molecule has 3 aromatic rings. The molecular formula is C23H28N4O2. The van der Waals surface area contributed by atoms with Crippen molar-refractivity contribution in [2.24, 2.45) is 4.99 Å². The van der Waals surface area contributed by atoms with Gasteiger partial charge >= 0.3 is 0 Å². The van der Waals surface area contributed by atoms with Crippen LogP contribution in [0.2, 0.25) is 0 Å². The van der Waals surface area contributed by atoms with Gasteiger partial charge in [0.1, 0.15) is 5.75 Å². The Morgan fingerprint density at radius 2 is 1.83 bits per heavy atom. The average molecular weight is 393 g/mol. The van der Waals surface area contributed by atoms with Gasteiger partial charge in [0.25, 0.3) is 0 Å². The zero-order chi connectivity index (χ0) is 20.1. The van der Waals surface area contributed by atoms with E-state index in [0.29, 0.717) is 5.56 Å². The van der Waals surface area contributed by atoms with Gasteiger partial charge in [-0.15, -0.1) is 0 Å². The zero-order valence-electron chi connectivity index (χ0n) is 16.8. The van der Waals surface area contributed by atoms with Gasteiger partial charge in [-0.05, 0) is 43.8 Å². The van der Waals surface area contributed by atoms with Crippen LogP contribution in [0.5, 0.6) is 11.6 Å². The largest absolute Gasteiger partial charge is 0.494 e. The van der Waals surface area contributed by atoms with Crippen molar-refractivity contribution < 1.29 is 9.84 Å².